The van der Waals surface area contributed by atoms with Crippen molar-refractivity contribution >= 4 is 28.8 Å². The van der Waals surface area contributed by atoms with Crippen molar-refractivity contribution in [2.75, 3.05) is 17.3 Å². The van der Waals surface area contributed by atoms with Gasteiger partial charge in [0.25, 0.3) is 11.8 Å². The highest BCUT2D eigenvalue weighted by atomic mass is 16.5. The highest BCUT2D eigenvalue weighted by molar-refractivity contribution is 6.46. The third kappa shape index (κ3) is 3.61. The zero-order valence-corrected chi connectivity index (χ0v) is 18.0. The smallest absolute Gasteiger partial charge is 0.282 e. The topological polar surface area (TPSA) is 82.4 Å². The molecule has 0 aromatic heterocycles. The van der Waals surface area contributed by atoms with E-state index in [9.17, 15) is 9.59 Å². The molecule has 6 heteroatoms. The third-order valence-corrected chi connectivity index (χ3v) is 5.58. The minimum absolute atomic E-state index is 0.207. The Bertz CT molecular complexity index is 1280. The zero-order valence-electron chi connectivity index (χ0n) is 18.0. The number of imide groups is 1. The summed E-state index contributed by atoms with van der Waals surface area (Å²) in [6, 6.07) is 21.2. The molecule has 4 rings (SSSR count). The molecular weight excluding hydrogens is 402 g/mol. The summed E-state index contributed by atoms with van der Waals surface area (Å²) in [5.74, 6) is -0.233. The van der Waals surface area contributed by atoms with Crippen LogP contribution in [0.3, 0.4) is 0 Å². The number of benzene rings is 3. The number of amides is 2. The number of hydrogen-bond acceptors (Lipinski definition) is 5. The minimum atomic E-state index is -0.452. The van der Waals surface area contributed by atoms with Gasteiger partial charge in [-0.3, -0.25) is 9.59 Å². The molecule has 3 aromatic carbocycles. The molecule has 1 N–H and O–H groups in total. The van der Waals surface area contributed by atoms with E-state index in [1.807, 2.05) is 38.1 Å². The van der Waals surface area contributed by atoms with Crippen LogP contribution in [0.2, 0.25) is 0 Å². The molecule has 0 atom stereocenters. The molecule has 3 aromatic rings. The van der Waals surface area contributed by atoms with E-state index in [1.54, 1.807) is 55.6 Å². The zero-order chi connectivity index (χ0) is 22.8. The van der Waals surface area contributed by atoms with Crippen molar-refractivity contribution < 1.29 is 14.3 Å². The van der Waals surface area contributed by atoms with E-state index in [-0.39, 0.29) is 11.3 Å². The van der Waals surface area contributed by atoms with E-state index >= 15 is 0 Å². The first kappa shape index (κ1) is 20.9. The fourth-order valence-electron chi connectivity index (χ4n) is 3.61. The molecule has 0 fully saturated rings. The first-order chi connectivity index (χ1) is 15.4. The fourth-order valence-corrected chi connectivity index (χ4v) is 3.61. The maximum atomic E-state index is 13.5. The van der Waals surface area contributed by atoms with Crippen molar-refractivity contribution in [3.8, 4) is 11.8 Å². The quantitative estimate of drug-likeness (QED) is 0.608. The highest BCUT2D eigenvalue weighted by Gasteiger charge is 2.40. The number of anilines is 2. The van der Waals surface area contributed by atoms with Crippen molar-refractivity contribution in [3.05, 3.63) is 94.7 Å². The van der Waals surface area contributed by atoms with Crippen LogP contribution in [0.5, 0.6) is 5.75 Å². The van der Waals surface area contributed by atoms with Crippen molar-refractivity contribution in [2.24, 2.45) is 0 Å². The van der Waals surface area contributed by atoms with Crippen LogP contribution in [0.1, 0.15) is 22.3 Å². The Morgan fingerprint density at radius 3 is 2.22 bits per heavy atom. The number of ether oxygens (including phenoxy) is 1. The predicted molar refractivity (Wildman–Crippen MR) is 123 cm³/mol. The maximum Gasteiger partial charge on any atom is 0.282 e. The van der Waals surface area contributed by atoms with E-state index in [4.69, 9.17) is 10.00 Å². The number of carbonyl (C=O) groups is 2. The molecule has 0 radical (unpaired) electrons. The first-order valence-electron chi connectivity index (χ1n) is 10.1. The van der Waals surface area contributed by atoms with E-state index in [0.717, 1.165) is 21.7 Å². The number of rotatable bonds is 5. The molecule has 0 aliphatic carbocycles. The van der Waals surface area contributed by atoms with Gasteiger partial charge in [-0.15, -0.1) is 0 Å². The van der Waals surface area contributed by atoms with Gasteiger partial charge < -0.3 is 10.1 Å². The van der Waals surface area contributed by atoms with Gasteiger partial charge in [-0.2, -0.15) is 5.26 Å². The van der Waals surface area contributed by atoms with Crippen LogP contribution in [0.4, 0.5) is 11.4 Å². The predicted octanol–water partition coefficient (Wildman–Crippen LogP) is 4.58. The van der Waals surface area contributed by atoms with Crippen LogP contribution in [0.15, 0.2) is 72.4 Å². The van der Waals surface area contributed by atoms with Gasteiger partial charge in [0.15, 0.2) is 0 Å². The lowest BCUT2D eigenvalue weighted by Gasteiger charge is -2.16. The Labute approximate surface area is 186 Å². The Kier molecular flexibility index (Phi) is 5.48. The summed E-state index contributed by atoms with van der Waals surface area (Å²) in [5, 5.41) is 12.3. The molecule has 0 saturated heterocycles. The molecule has 0 saturated carbocycles. The van der Waals surface area contributed by atoms with Crippen LogP contribution in [0, 0.1) is 25.2 Å². The second kappa shape index (κ2) is 8.40. The SMILES string of the molecule is COc1ccc(C2=C(Nc3cccc(C)c3C)C(=O)N(c3ccc(C#N)cc3)C2=O)cc1. The van der Waals surface area contributed by atoms with Crippen LogP contribution >= 0.6 is 0 Å². The fraction of sp³-hybridized carbons (Fsp3) is 0.115. The monoisotopic (exact) mass is 423 g/mol. The van der Waals surface area contributed by atoms with E-state index in [0.29, 0.717) is 22.6 Å². The van der Waals surface area contributed by atoms with Crippen molar-refractivity contribution in [3.63, 3.8) is 0 Å². The van der Waals surface area contributed by atoms with Gasteiger partial charge in [0, 0.05) is 5.69 Å². The summed E-state index contributed by atoms with van der Waals surface area (Å²) >= 11 is 0. The average molecular weight is 423 g/mol. The van der Waals surface area contributed by atoms with Gasteiger partial charge in [-0.1, -0.05) is 24.3 Å². The molecule has 6 nitrogen and oxygen atoms in total. The number of carbonyl (C=O) groups excluding carboxylic acids is 2. The molecule has 158 valence electrons. The standard InChI is InChI=1S/C26H21N3O3/c1-16-5-4-6-22(17(16)2)28-24-23(19-9-13-21(32-3)14-10-19)25(30)29(26(24)31)20-11-7-18(15-27)8-12-20/h4-14,28H,1-3H3. The summed E-state index contributed by atoms with van der Waals surface area (Å²) in [4.78, 5) is 28.1. The molecule has 1 heterocycles. The summed E-state index contributed by atoms with van der Waals surface area (Å²) < 4.78 is 5.22. The van der Waals surface area contributed by atoms with Crippen LogP contribution in [0.25, 0.3) is 5.57 Å². The Morgan fingerprint density at radius 2 is 1.59 bits per heavy atom. The second-order valence-electron chi connectivity index (χ2n) is 7.46. The van der Waals surface area contributed by atoms with Crippen LogP contribution in [-0.2, 0) is 9.59 Å². The molecular formula is C26H21N3O3. The molecule has 2 amide bonds. The summed E-state index contributed by atoms with van der Waals surface area (Å²) in [6.07, 6.45) is 0. The van der Waals surface area contributed by atoms with Gasteiger partial charge in [0.05, 0.1) is 30.0 Å². The molecule has 1 aliphatic rings. The largest absolute Gasteiger partial charge is 0.497 e. The van der Waals surface area contributed by atoms with Gasteiger partial charge in [0.1, 0.15) is 11.4 Å². The summed E-state index contributed by atoms with van der Waals surface area (Å²) in [7, 11) is 1.57. The number of nitrogens with one attached hydrogen (secondary N) is 1. The van der Waals surface area contributed by atoms with Crippen molar-refractivity contribution in [2.45, 2.75) is 13.8 Å². The van der Waals surface area contributed by atoms with E-state index in [2.05, 4.69) is 5.32 Å². The van der Waals surface area contributed by atoms with Crippen molar-refractivity contribution in [1.82, 2.24) is 0 Å². The van der Waals surface area contributed by atoms with E-state index in [1.165, 1.54) is 0 Å². The summed E-state index contributed by atoms with van der Waals surface area (Å²) in [5.41, 5.74) is 4.77. The highest BCUT2D eigenvalue weighted by Crippen LogP contribution is 2.35. The number of hydrogen-bond donors (Lipinski definition) is 1. The molecule has 32 heavy (non-hydrogen) atoms. The molecule has 0 spiro atoms. The second-order valence-corrected chi connectivity index (χ2v) is 7.46. The Hall–Kier alpha value is -4.37. The molecule has 0 bridgehead atoms. The normalized spacial score (nSPS) is 13.4. The summed E-state index contributed by atoms with van der Waals surface area (Å²) in [6.45, 7) is 3.95. The van der Waals surface area contributed by atoms with Crippen LogP contribution in [-0.4, -0.2) is 18.9 Å². The lowest BCUT2D eigenvalue weighted by atomic mass is 10.0. The van der Waals surface area contributed by atoms with E-state index < -0.39 is 11.8 Å². The van der Waals surface area contributed by atoms with Crippen molar-refractivity contribution in [1.29, 1.82) is 5.26 Å². The number of nitriles is 1. The molecule has 1 aliphatic heterocycles. The lowest BCUT2D eigenvalue weighted by Crippen LogP contribution is -2.32. The number of aryl methyl sites for hydroxylation is 1. The Balaban J connectivity index is 1.83. The van der Waals surface area contributed by atoms with Gasteiger partial charge in [-0.05, 0) is 73.0 Å². The maximum absolute atomic E-state index is 13.5. The number of nitrogens with zero attached hydrogens (tertiary/aromatic N) is 2. The first-order valence-corrected chi connectivity index (χ1v) is 10.1. The average Bonchev–Trinajstić information content (AvgIpc) is 3.06. The Morgan fingerprint density at radius 1 is 0.906 bits per heavy atom. The minimum Gasteiger partial charge on any atom is -0.497 e. The molecule has 0 unspecified atom stereocenters. The lowest BCUT2D eigenvalue weighted by molar-refractivity contribution is -0.120. The third-order valence-electron chi connectivity index (χ3n) is 5.58. The number of methoxy groups -OCH3 is 1. The van der Waals surface area contributed by atoms with Gasteiger partial charge in [0.2, 0.25) is 0 Å². The van der Waals surface area contributed by atoms with Crippen LogP contribution < -0.4 is 15.0 Å². The van der Waals surface area contributed by atoms with Gasteiger partial charge in [-0.25, -0.2) is 4.90 Å². The van der Waals surface area contributed by atoms with Gasteiger partial charge >= 0.3 is 0 Å².